The molecule has 0 bridgehead atoms. The van der Waals surface area contributed by atoms with Crippen LogP contribution in [0.3, 0.4) is 0 Å². The van der Waals surface area contributed by atoms with Crippen molar-refractivity contribution in [3.63, 3.8) is 0 Å². The number of hydrogen-bond acceptors (Lipinski definition) is 1. The molecule has 0 N–H and O–H groups in total. The Morgan fingerprint density at radius 1 is 1.00 bits per heavy atom. The predicted molar refractivity (Wildman–Crippen MR) is 43.2 cm³/mol. The van der Waals surface area contributed by atoms with Crippen LogP contribution in [0.1, 0.15) is 0 Å². The number of para-hydroxylation sites is 1. The van der Waals surface area contributed by atoms with Gasteiger partial charge in [0, 0.05) is 0 Å². The van der Waals surface area contributed by atoms with Crippen LogP contribution in [0, 0.1) is 0 Å². The van der Waals surface area contributed by atoms with Crippen molar-refractivity contribution in [2.24, 2.45) is 0 Å². The molecule has 0 heterocycles. The first-order valence-electron chi connectivity index (χ1n) is 3.40. The fraction of sp³-hybridized carbons (Fsp3) is 0.143. The summed E-state index contributed by atoms with van der Waals surface area (Å²) in [7, 11) is -4.34. The van der Waals surface area contributed by atoms with Crippen LogP contribution in [-0.4, -0.2) is 14.4 Å². The third kappa shape index (κ3) is 10.8. The van der Waals surface area contributed by atoms with Crippen LogP contribution in [0.4, 0.5) is 17.3 Å². The molecule has 0 atom stereocenters. The lowest BCUT2D eigenvalue weighted by Crippen LogP contribution is -2.02. The lowest BCUT2D eigenvalue weighted by Gasteiger charge is -1.94. The van der Waals surface area contributed by atoms with E-state index in [0.717, 1.165) is 5.75 Å². The van der Waals surface area contributed by atoms with Crippen molar-refractivity contribution in [1.29, 1.82) is 0 Å². The van der Waals surface area contributed by atoms with Crippen molar-refractivity contribution in [3.8, 4) is 5.75 Å². The lowest BCUT2D eigenvalue weighted by atomic mass is 10.3. The van der Waals surface area contributed by atoms with Crippen molar-refractivity contribution in [1.82, 2.24) is 0 Å². The predicted octanol–water partition coefficient (Wildman–Crippen LogP) is 3.00. The maximum Gasteiger partial charge on any atom is 0.673 e. The van der Waals surface area contributed by atoms with Gasteiger partial charge in [0.25, 0.3) is 0 Å². The first kappa shape index (κ1) is 11.8. The van der Waals surface area contributed by atoms with Gasteiger partial charge in [0.2, 0.25) is 0 Å². The van der Waals surface area contributed by atoms with Gasteiger partial charge in [-0.05, 0) is 12.1 Å². The highest BCUT2D eigenvalue weighted by atomic mass is 19.5. The SMILES string of the molecule is COc1ccccc1.F[B-](F)(F)F. The molecule has 0 spiro atoms. The van der Waals surface area contributed by atoms with Gasteiger partial charge in [-0.1, -0.05) is 18.2 Å². The van der Waals surface area contributed by atoms with Crippen LogP contribution >= 0.6 is 0 Å². The van der Waals surface area contributed by atoms with Gasteiger partial charge in [-0.25, -0.2) is 0 Å². The molecule has 0 fully saturated rings. The number of methoxy groups -OCH3 is 1. The van der Waals surface area contributed by atoms with E-state index in [9.17, 15) is 17.3 Å². The van der Waals surface area contributed by atoms with Gasteiger partial charge in [-0.15, -0.1) is 0 Å². The van der Waals surface area contributed by atoms with E-state index in [1.807, 2.05) is 30.3 Å². The first-order chi connectivity index (χ1) is 5.93. The molecule has 1 aromatic rings. The van der Waals surface area contributed by atoms with E-state index < -0.39 is 7.25 Å². The Morgan fingerprint density at radius 3 is 1.62 bits per heavy atom. The molecule has 0 amide bonds. The summed E-state index contributed by atoms with van der Waals surface area (Å²) in [5.74, 6) is 0.910. The molecule has 0 aliphatic carbocycles. The van der Waals surface area contributed by atoms with Crippen LogP contribution in [0.2, 0.25) is 0 Å². The highest BCUT2D eigenvalue weighted by molar-refractivity contribution is 6.50. The second-order valence-corrected chi connectivity index (χ2v) is 2.01. The molecule has 0 saturated carbocycles. The fourth-order valence-electron chi connectivity index (χ4n) is 0.557. The van der Waals surface area contributed by atoms with E-state index in [4.69, 9.17) is 4.74 Å². The minimum absolute atomic E-state index is 0.910. The Bertz CT molecular complexity index is 218. The van der Waals surface area contributed by atoms with E-state index >= 15 is 0 Å². The monoisotopic (exact) mass is 195 g/mol. The van der Waals surface area contributed by atoms with Crippen molar-refractivity contribution >= 4 is 7.25 Å². The Hall–Kier alpha value is -1.20. The molecular formula is C7H8BF4O-. The van der Waals surface area contributed by atoms with Gasteiger partial charge in [-0.3, -0.25) is 0 Å². The van der Waals surface area contributed by atoms with Crippen molar-refractivity contribution in [2.45, 2.75) is 0 Å². The molecule has 0 aromatic heterocycles. The smallest absolute Gasteiger partial charge is 0.497 e. The van der Waals surface area contributed by atoms with Crippen LogP contribution in [0.25, 0.3) is 0 Å². The third-order valence-corrected chi connectivity index (χ3v) is 0.979. The standard InChI is InChI=1S/C7H8O.BF4/c1-8-7-5-3-2-4-6-7;2-1(3,4)5/h2-6H,1H3;/q;-1. The van der Waals surface area contributed by atoms with Gasteiger partial charge >= 0.3 is 7.25 Å². The van der Waals surface area contributed by atoms with E-state index in [0.29, 0.717) is 0 Å². The van der Waals surface area contributed by atoms with E-state index in [1.54, 1.807) is 7.11 Å². The van der Waals surface area contributed by atoms with E-state index in [2.05, 4.69) is 0 Å². The third-order valence-electron chi connectivity index (χ3n) is 0.979. The highest BCUT2D eigenvalue weighted by Gasteiger charge is 2.20. The molecule has 0 unspecified atom stereocenters. The normalized spacial score (nSPS) is 9.92. The van der Waals surface area contributed by atoms with Crippen molar-refractivity contribution in [3.05, 3.63) is 30.3 Å². The van der Waals surface area contributed by atoms with Crippen LogP contribution < -0.4 is 4.74 Å². The summed E-state index contributed by atoms with van der Waals surface area (Å²) < 4.78 is 43.9. The molecule has 0 radical (unpaired) electrons. The summed E-state index contributed by atoms with van der Waals surface area (Å²) in [6, 6.07) is 9.68. The Morgan fingerprint density at radius 2 is 1.38 bits per heavy atom. The van der Waals surface area contributed by atoms with Gasteiger partial charge in [0.1, 0.15) is 5.75 Å². The minimum atomic E-state index is -6.00. The Labute approximate surface area is 73.4 Å². The molecule has 0 aliphatic heterocycles. The summed E-state index contributed by atoms with van der Waals surface area (Å²) in [6.07, 6.45) is 0. The summed E-state index contributed by atoms with van der Waals surface area (Å²) in [4.78, 5) is 0. The maximum atomic E-state index is 9.75. The number of benzene rings is 1. The lowest BCUT2D eigenvalue weighted by molar-refractivity contribution is 0.368. The van der Waals surface area contributed by atoms with Crippen LogP contribution in [-0.2, 0) is 0 Å². The van der Waals surface area contributed by atoms with Gasteiger partial charge < -0.3 is 22.0 Å². The summed E-state index contributed by atoms with van der Waals surface area (Å²) >= 11 is 0. The second kappa shape index (κ2) is 5.45. The van der Waals surface area contributed by atoms with Gasteiger partial charge in [0.05, 0.1) is 7.11 Å². The fourth-order valence-corrected chi connectivity index (χ4v) is 0.557. The zero-order chi connectivity index (χ0) is 10.3. The average molecular weight is 195 g/mol. The molecule has 0 aliphatic rings. The van der Waals surface area contributed by atoms with E-state index in [-0.39, 0.29) is 0 Å². The molecule has 0 saturated heterocycles. The zero-order valence-corrected chi connectivity index (χ0v) is 6.88. The second-order valence-electron chi connectivity index (χ2n) is 2.01. The molecule has 1 nitrogen and oxygen atoms in total. The van der Waals surface area contributed by atoms with Crippen molar-refractivity contribution < 1.29 is 22.0 Å². The Kier molecular flexibility index (Phi) is 4.95. The largest absolute Gasteiger partial charge is 0.673 e. The minimum Gasteiger partial charge on any atom is -0.497 e. The van der Waals surface area contributed by atoms with E-state index in [1.165, 1.54) is 0 Å². The number of ether oxygens (including phenoxy) is 1. The number of rotatable bonds is 1. The maximum absolute atomic E-state index is 9.75. The average Bonchev–Trinajstić information content (AvgIpc) is 2.03. The molecule has 13 heavy (non-hydrogen) atoms. The molecule has 1 aromatic carbocycles. The first-order valence-corrected chi connectivity index (χ1v) is 3.40. The quantitative estimate of drug-likeness (QED) is 0.494. The topological polar surface area (TPSA) is 9.23 Å². The highest BCUT2D eigenvalue weighted by Crippen LogP contribution is 2.06. The molecule has 6 heteroatoms. The molecule has 1 rings (SSSR count). The molecular weight excluding hydrogens is 187 g/mol. The molecule has 74 valence electrons. The van der Waals surface area contributed by atoms with Crippen molar-refractivity contribution in [2.75, 3.05) is 7.11 Å². The summed E-state index contributed by atoms with van der Waals surface area (Å²) in [6.45, 7) is 0. The summed E-state index contributed by atoms with van der Waals surface area (Å²) in [5.41, 5.74) is 0. The Balaban J connectivity index is 0.000000252. The number of hydrogen-bond donors (Lipinski definition) is 0. The van der Waals surface area contributed by atoms with Crippen LogP contribution in [0.15, 0.2) is 30.3 Å². The van der Waals surface area contributed by atoms with Crippen LogP contribution in [0.5, 0.6) is 5.75 Å². The zero-order valence-electron chi connectivity index (χ0n) is 6.88. The van der Waals surface area contributed by atoms with Gasteiger partial charge in [-0.2, -0.15) is 0 Å². The summed E-state index contributed by atoms with van der Waals surface area (Å²) in [5, 5.41) is 0. The number of halogens is 4. The van der Waals surface area contributed by atoms with Gasteiger partial charge in [0.15, 0.2) is 0 Å².